The number of anilines is 1. The molecule has 0 unspecified atom stereocenters. The van der Waals surface area contributed by atoms with Crippen molar-refractivity contribution < 1.29 is 24.2 Å². The van der Waals surface area contributed by atoms with Gasteiger partial charge in [0, 0.05) is 23.7 Å². The Kier molecular flexibility index (Phi) is 4.10. The zero-order chi connectivity index (χ0) is 18.1. The zero-order valence-corrected chi connectivity index (χ0v) is 13.5. The number of amides is 1. The van der Waals surface area contributed by atoms with E-state index in [1.165, 1.54) is 31.3 Å². The first-order valence-corrected chi connectivity index (χ1v) is 7.53. The van der Waals surface area contributed by atoms with Crippen LogP contribution in [0.4, 0.5) is 10.5 Å². The molecule has 6 heteroatoms. The number of hydrogen-bond acceptors (Lipinski definition) is 5. The van der Waals surface area contributed by atoms with E-state index < -0.39 is 17.6 Å². The second-order valence-electron chi connectivity index (χ2n) is 5.48. The van der Waals surface area contributed by atoms with E-state index in [9.17, 15) is 19.5 Å². The SMILES string of the molecule is C=CCOC(=O)N(C)c1ccc2c(c1O)C(=O)c1ccccc1C2=O. The maximum absolute atomic E-state index is 12.7. The molecule has 0 saturated heterocycles. The number of nitrogens with zero attached hydrogens (tertiary/aromatic N) is 1. The highest BCUT2D eigenvalue weighted by Gasteiger charge is 2.33. The molecule has 6 nitrogen and oxygen atoms in total. The molecule has 1 N–H and O–H groups in total. The summed E-state index contributed by atoms with van der Waals surface area (Å²) in [5.74, 6) is -1.23. The van der Waals surface area contributed by atoms with Crippen molar-refractivity contribution in [2.24, 2.45) is 0 Å². The lowest BCUT2D eigenvalue weighted by Gasteiger charge is -2.23. The average Bonchev–Trinajstić information content (AvgIpc) is 2.63. The molecule has 126 valence electrons. The van der Waals surface area contributed by atoms with E-state index in [0.29, 0.717) is 5.56 Å². The van der Waals surface area contributed by atoms with E-state index in [4.69, 9.17) is 4.74 Å². The van der Waals surface area contributed by atoms with Gasteiger partial charge in [-0.1, -0.05) is 36.9 Å². The molecule has 1 amide bonds. The van der Waals surface area contributed by atoms with Gasteiger partial charge in [0.1, 0.15) is 6.61 Å². The second kappa shape index (κ2) is 6.24. The molecule has 1 aliphatic rings. The van der Waals surface area contributed by atoms with Crippen LogP contribution in [0.5, 0.6) is 5.75 Å². The predicted octanol–water partition coefficient (Wildman–Crippen LogP) is 2.93. The Morgan fingerprint density at radius 2 is 1.76 bits per heavy atom. The van der Waals surface area contributed by atoms with Crippen molar-refractivity contribution in [3.8, 4) is 5.75 Å². The summed E-state index contributed by atoms with van der Waals surface area (Å²) in [6, 6.07) is 9.26. The fourth-order valence-electron chi connectivity index (χ4n) is 2.75. The van der Waals surface area contributed by atoms with Crippen molar-refractivity contribution in [2.45, 2.75) is 0 Å². The molecule has 0 bridgehead atoms. The van der Waals surface area contributed by atoms with Crippen LogP contribution in [0.15, 0.2) is 49.1 Å². The highest BCUT2D eigenvalue weighted by atomic mass is 16.6. The molecule has 25 heavy (non-hydrogen) atoms. The Hall–Kier alpha value is -3.41. The smallest absolute Gasteiger partial charge is 0.414 e. The van der Waals surface area contributed by atoms with Gasteiger partial charge in [0.2, 0.25) is 0 Å². The number of ether oxygens (including phenoxy) is 1. The Labute approximate surface area is 143 Å². The Bertz CT molecular complexity index is 916. The van der Waals surface area contributed by atoms with Crippen LogP contribution in [0.1, 0.15) is 31.8 Å². The predicted molar refractivity (Wildman–Crippen MR) is 91.4 cm³/mol. The number of fused-ring (bicyclic) bond motifs is 2. The molecular weight excluding hydrogens is 322 g/mol. The summed E-state index contributed by atoms with van der Waals surface area (Å²) in [6.45, 7) is 3.47. The van der Waals surface area contributed by atoms with Crippen molar-refractivity contribution in [3.63, 3.8) is 0 Å². The molecule has 1 aliphatic carbocycles. The molecular formula is C19H15NO5. The van der Waals surface area contributed by atoms with Crippen LogP contribution in [0, 0.1) is 0 Å². The summed E-state index contributed by atoms with van der Waals surface area (Å²) in [6.07, 6.45) is 0.697. The van der Waals surface area contributed by atoms with E-state index >= 15 is 0 Å². The largest absolute Gasteiger partial charge is 0.505 e. The molecule has 0 saturated carbocycles. The molecule has 0 fully saturated rings. The average molecular weight is 337 g/mol. The minimum Gasteiger partial charge on any atom is -0.505 e. The van der Waals surface area contributed by atoms with E-state index in [1.807, 2.05) is 0 Å². The van der Waals surface area contributed by atoms with Crippen LogP contribution >= 0.6 is 0 Å². The fourth-order valence-corrected chi connectivity index (χ4v) is 2.75. The number of benzene rings is 2. The van der Waals surface area contributed by atoms with Crippen molar-refractivity contribution in [2.75, 3.05) is 18.6 Å². The van der Waals surface area contributed by atoms with E-state index in [-0.39, 0.29) is 34.8 Å². The Morgan fingerprint density at radius 3 is 2.40 bits per heavy atom. The number of phenolic OH excluding ortho intramolecular Hbond substituents is 1. The number of carbonyl (C=O) groups is 3. The Balaban J connectivity index is 2.08. The molecule has 0 aromatic heterocycles. The number of rotatable bonds is 3. The quantitative estimate of drug-likeness (QED) is 0.743. The lowest BCUT2D eigenvalue weighted by atomic mass is 9.83. The third-order valence-corrected chi connectivity index (χ3v) is 4.00. The summed E-state index contributed by atoms with van der Waals surface area (Å²) in [4.78, 5) is 38.3. The molecule has 2 aromatic rings. The van der Waals surface area contributed by atoms with Gasteiger partial charge >= 0.3 is 6.09 Å². The molecule has 2 aromatic carbocycles. The Morgan fingerprint density at radius 1 is 1.12 bits per heavy atom. The molecule has 0 aliphatic heterocycles. The van der Waals surface area contributed by atoms with Gasteiger partial charge in [0.05, 0.1) is 11.3 Å². The van der Waals surface area contributed by atoms with Crippen LogP contribution in [-0.4, -0.2) is 36.4 Å². The third kappa shape index (κ3) is 2.57. The highest BCUT2D eigenvalue weighted by molar-refractivity contribution is 6.29. The summed E-state index contributed by atoms with van der Waals surface area (Å²) in [5.41, 5.74) is 0.603. The normalized spacial score (nSPS) is 12.2. The number of ketones is 2. The van der Waals surface area contributed by atoms with Gasteiger partial charge in [-0.3, -0.25) is 14.5 Å². The first kappa shape index (κ1) is 16.4. The molecule has 0 radical (unpaired) electrons. The fraction of sp³-hybridized carbons (Fsp3) is 0.105. The van der Waals surface area contributed by atoms with E-state index in [0.717, 1.165) is 4.90 Å². The van der Waals surface area contributed by atoms with Crippen LogP contribution in [-0.2, 0) is 4.74 Å². The number of carbonyl (C=O) groups excluding carboxylic acids is 3. The van der Waals surface area contributed by atoms with Crippen LogP contribution in [0.3, 0.4) is 0 Å². The molecule has 0 spiro atoms. The van der Waals surface area contributed by atoms with Crippen LogP contribution < -0.4 is 4.90 Å². The van der Waals surface area contributed by atoms with E-state index in [1.54, 1.807) is 18.2 Å². The molecule has 0 heterocycles. The van der Waals surface area contributed by atoms with Crippen molar-refractivity contribution in [1.82, 2.24) is 0 Å². The minimum absolute atomic E-state index is 0.0136. The molecule has 3 rings (SSSR count). The lowest BCUT2D eigenvalue weighted by molar-refractivity contribution is 0.0976. The second-order valence-corrected chi connectivity index (χ2v) is 5.48. The van der Waals surface area contributed by atoms with Crippen LogP contribution in [0.2, 0.25) is 0 Å². The van der Waals surface area contributed by atoms with Gasteiger partial charge in [-0.2, -0.15) is 0 Å². The highest BCUT2D eigenvalue weighted by Crippen LogP contribution is 2.38. The van der Waals surface area contributed by atoms with Gasteiger partial charge in [-0.05, 0) is 12.1 Å². The van der Waals surface area contributed by atoms with E-state index in [2.05, 4.69) is 6.58 Å². The monoisotopic (exact) mass is 337 g/mol. The van der Waals surface area contributed by atoms with Gasteiger partial charge in [-0.15, -0.1) is 0 Å². The summed E-state index contributed by atoms with van der Waals surface area (Å²) in [7, 11) is 1.40. The first-order valence-electron chi connectivity index (χ1n) is 7.53. The number of phenols is 1. The van der Waals surface area contributed by atoms with Crippen LogP contribution in [0.25, 0.3) is 0 Å². The van der Waals surface area contributed by atoms with Crippen molar-refractivity contribution >= 4 is 23.3 Å². The first-order chi connectivity index (χ1) is 12.0. The number of aromatic hydroxyl groups is 1. The van der Waals surface area contributed by atoms with Gasteiger partial charge in [0.25, 0.3) is 0 Å². The van der Waals surface area contributed by atoms with Crippen molar-refractivity contribution in [1.29, 1.82) is 0 Å². The van der Waals surface area contributed by atoms with Crippen molar-refractivity contribution in [3.05, 3.63) is 71.3 Å². The lowest BCUT2D eigenvalue weighted by Crippen LogP contribution is -2.28. The maximum atomic E-state index is 12.7. The van der Waals surface area contributed by atoms with Gasteiger partial charge in [0.15, 0.2) is 17.3 Å². The topological polar surface area (TPSA) is 83.9 Å². The summed E-state index contributed by atoms with van der Waals surface area (Å²) < 4.78 is 4.92. The maximum Gasteiger partial charge on any atom is 0.414 e. The standard InChI is InChI=1S/C19H15NO5/c1-3-10-25-19(24)20(2)14-9-8-13-15(18(14)23)17(22)12-7-5-4-6-11(12)16(13)21/h3-9,23H,1,10H2,2H3. The number of hydrogen-bond donors (Lipinski definition) is 1. The molecule has 0 atom stereocenters. The van der Waals surface area contributed by atoms with Gasteiger partial charge < -0.3 is 9.84 Å². The summed E-state index contributed by atoms with van der Waals surface area (Å²) >= 11 is 0. The zero-order valence-electron chi connectivity index (χ0n) is 13.5. The van der Waals surface area contributed by atoms with Gasteiger partial charge in [-0.25, -0.2) is 4.79 Å². The summed E-state index contributed by atoms with van der Waals surface area (Å²) in [5, 5.41) is 10.6. The minimum atomic E-state index is -0.717. The third-order valence-electron chi connectivity index (χ3n) is 4.00.